The number of benzene rings is 2. The van der Waals surface area contributed by atoms with Crippen LogP contribution < -0.4 is 4.31 Å². The van der Waals surface area contributed by atoms with Gasteiger partial charge in [0.15, 0.2) is 10.6 Å². The van der Waals surface area contributed by atoms with Crippen LogP contribution in [0.1, 0.15) is 5.82 Å². The average Bonchev–Trinajstić information content (AvgIpc) is 2.94. The van der Waals surface area contributed by atoms with E-state index in [1.807, 2.05) is 30.3 Å². The lowest BCUT2D eigenvalue weighted by Gasteiger charge is -2.22. The molecule has 0 amide bonds. The van der Waals surface area contributed by atoms with Gasteiger partial charge in [-0.05, 0) is 48.6 Å². The summed E-state index contributed by atoms with van der Waals surface area (Å²) in [5, 5.41) is 6.84. The summed E-state index contributed by atoms with van der Waals surface area (Å²) in [5.74, 6) is -0.0184. The summed E-state index contributed by atoms with van der Waals surface area (Å²) < 4.78 is 40.8. The third-order valence-corrected chi connectivity index (χ3v) is 4.97. The predicted molar refractivity (Wildman–Crippen MR) is 96.2 cm³/mol. The van der Waals surface area contributed by atoms with Crippen molar-refractivity contribution in [2.75, 3.05) is 10.6 Å². The highest BCUT2D eigenvalue weighted by Crippen LogP contribution is 2.21. The monoisotopic (exact) mass is 378 g/mol. The molecule has 0 saturated carbocycles. The van der Waals surface area contributed by atoms with Gasteiger partial charge in [0.05, 0.1) is 18.5 Å². The van der Waals surface area contributed by atoms with Gasteiger partial charge in [-0.25, -0.2) is 12.8 Å². The SMILES string of the molecule is CS(=O)(=O)N(Cc1n[nH]c(=S)n1-c1ccccc1)c1ccc(F)cc1. The van der Waals surface area contributed by atoms with E-state index in [1.165, 1.54) is 24.3 Å². The number of hydrogen-bond donors (Lipinski definition) is 1. The van der Waals surface area contributed by atoms with E-state index in [-0.39, 0.29) is 6.54 Å². The van der Waals surface area contributed by atoms with Gasteiger partial charge in [0.2, 0.25) is 10.0 Å². The molecular formula is C16H15FN4O2S2. The zero-order valence-corrected chi connectivity index (χ0v) is 14.9. The van der Waals surface area contributed by atoms with Crippen molar-refractivity contribution in [1.29, 1.82) is 0 Å². The van der Waals surface area contributed by atoms with Crippen LogP contribution in [0.2, 0.25) is 0 Å². The van der Waals surface area contributed by atoms with Crippen LogP contribution in [0.5, 0.6) is 0 Å². The largest absolute Gasteiger partial charge is 0.271 e. The van der Waals surface area contributed by atoms with Crippen molar-refractivity contribution in [3.8, 4) is 5.69 Å². The highest BCUT2D eigenvalue weighted by molar-refractivity contribution is 7.92. The van der Waals surface area contributed by atoms with Gasteiger partial charge in [-0.1, -0.05) is 18.2 Å². The first-order valence-electron chi connectivity index (χ1n) is 7.31. The van der Waals surface area contributed by atoms with Gasteiger partial charge >= 0.3 is 0 Å². The number of H-pyrrole nitrogens is 1. The molecular weight excluding hydrogens is 363 g/mol. The molecule has 1 N–H and O–H groups in total. The van der Waals surface area contributed by atoms with Gasteiger partial charge in [-0.2, -0.15) is 5.10 Å². The molecule has 0 fully saturated rings. The number of aromatic nitrogens is 3. The predicted octanol–water partition coefficient (Wildman–Crippen LogP) is 3.04. The number of rotatable bonds is 5. The zero-order valence-electron chi connectivity index (χ0n) is 13.3. The Kier molecular flexibility index (Phi) is 4.69. The van der Waals surface area contributed by atoms with E-state index >= 15 is 0 Å². The molecule has 0 aliphatic rings. The highest BCUT2D eigenvalue weighted by Gasteiger charge is 2.21. The Balaban J connectivity index is 2.05. The quantitative estimate of drug-likeness (QED) is 0.693. The summed E-state index contributed by atoms with van der Waals surface area (Å²) >= 11 is 5.26. The standard InChI is InChI=1S/C16H15FN4O2S2/c1-25(22,23)20(13-9-7-12(17)8-10-13)11-15-18-19-16(24)21(15)14-5-3-2-4-6-14/h2-10H,11H2,1H3,(H,19,24). The fourth-order valence-corrected chi connectivity index (χ4v) is 3.53. The average molecular weight is 378 g/mol. The number of sulfonamides is 1. The second-order valence-corrected chi connectivity index (χ2v) is 7.66. The maximum atomic E-state index is 13.2. The first-order valence-corrected chi connectivity index (χ1v) is 9.57. The number of hydrogen-bond acceptors (Lipinski definition) is 4. The number of nitrogens with one attached hydrogen (secondary N) is 1. The van der Waals surface area contributed by atoms with Gasteiger partial charge in [0.1, 0.15) is 5.82 Å². The second-order valence-electron chi connectivity index (χ2n) is 5.36. The first-order chi connectivity index (χ1) is 11.9. The van der Waals surface area contributed by atoms with Crippen LogP contribution in [0.3, 0.4) is 0 Å². The minimum atomic E-state index is -3.61. The highest BCUT2D eigenvalue weighted by atomic mass is 32.2. The van der Waals surface area contributed by atoms with Gasteiger partial charge < -0.3 is 0 Å². The van der Waals surface area contributed by atoms with Crippen molar-refractivity contribution >= 4 is 27.9 Å². The van der Waals surface area contributed by atoms with E-state index in [9.17, 15) is 12.8 Å². The lowest BCUT2D eigenvalue weighted by Crippen LogP contribution is -2.30. The molecule has 0 radical (unpaired) electrons. The molecule has 0 atom stereocenters. The smallest absolute Gasteiger partial charge is 0.232 e. The Bertz CT molecular complexity index is 1030. The van der Waals surface area contributed by atoms with E-state index < -0.39 is 15.8 Å². The molecule has 2 aromatic carbocycles. The third-order valence-electron chi connectivity index (χ3n) is 3.56. The summed E-state index contributed by atoms with van der Waals surface area (Å²) in [6.07, 6.45) is 1.09. The van der Waals surface area contributed by atoms with Crippen molar-refractivity contribution in [2.45, 2.75) is 6.54 Å². The fourth-order valence-electron chi connectivity index (χ4n) is 2.41. The Morgan fingerprint density at radius 3 is 2.40 bits per heavy atom. The number of anilines is 1. The summed E-state index contributed by atoms with van der Waals surface area (Å²) in [6, 6.07) is 14.5. The van der Waals surface area contributed by atoms with Crippen LogP contribution in [0.4, 0.5) is 10.1 Å². The molecule has 1 heterocycles. The molecule has 9 heteroatoms. The van der Waals surface area contributed by atoms with Crippen molar-refractivity contribution in [3.05, 3.63) is 71.0 Å². The van der Waals surface area contributed by atoms with E-state index in [4.69, 9.17) is 12.2 Å². The molecule has 3 aromatic rings. The Morgan fingerprint density at radius 1 is 1.16 bits per heavy atom. The molecule has 0 spiro atoms. The van der Waals surface area contributed by atoms with Crippen molar-refractivity contribution in [3.63, 3.8) is 0 Å². The van der Waals surface area contributed by atoms with Crippen LogP contribution in [0.15, 0.2) is 54.6 Å². The number of para-hydroxylation sites is 1. The minimum absolute atomic E-state index is 0.0491. The third kappa shape index (κ3) is 3.77. The van der Waals surface area contributed by atoms with Crippen molar-refractivity contribution in [1.82, 2.24) is 14.8 Å². The molecule has 0 aliphatic carbocycles. The zero-order chi connectivity index (χ0) is 18.0. The molecule has 6 nitrogen and oxygen atoms in total. The van der Waals surface area contributed by atoms with Crippen LogP contribution in [0.25, 0.3) is 5.69 Å². The number of nitrogens with zero attached hydrogens (tertiary/aromatic N) is 3. The maximum Gasteiger partial charge on any atom is 0.232 e. The summed E-state index contributed by atoms with van der Waals surface area (Å²) in [6.45, 7) is -0.0491. The molecule has 25 heavy (non-hydrogen) atoms. The van der Waals surface area contributed by atoms with E-state index in [0.29, 0.717) is 16.3 Å². The molecule has 0 unspecified atom stereocenters. The Labute approximate surface area is 149 Å². The Morgan fingerprint density at radius 2 is 1.80 bits per heavy atom. The van der Waals surface area contributed by atoms with E-state index in [1.54, 1.807) is 4.57 Å². The second kappa shape index (κ2) is 6.77. The van der Waals surface area contributed by atoms with Gasteiger partial charge in [0.25, 0.3) is 0 Å². The van der Waals surface area contributed by atoms with Crippen LogP contribution in [-0.2, 0) is 16.6 Å². The van der Waals surface area contributed by atoms with Gasteiger partial charge in [0, 0.05) is 5.69 Å². The van der Waals surface area contributed by atoms with Gasteiger partial charge in [-0.15, -0.1) is 0 Å². The fraction of sp³-hybridized carbons (Fsp3) is 0.125. The van der Waals surface area contributed by atoms with Crippen LogP contribution >= 0.6 is 12.2 Å². The van der Waals surface area contributed by atoms with E-state index in [0.717, 1.165) is 16.2 Å². The van der Waals surface area contributed by atoms with Crippen molar-refractivity contribution in [2.24, 2.45) is 0 Å². The maximum absolute atomic E-state index is 13.2. The molecule has 0 saturated heterocycles. The lowest BCUT2D eigenvalue weighted by molar-refractivity contribution is 0.594. The summed E-state index contributed by atoms with van der Waals surface area (Å²) in [7, 11) is -3.61. The number of aromatic amines is 1. The number of halogens is 1. The van der Waals surface area contributed by atoms with E-state index in [2.05, 4.69) is 10.2 Å². The summed E-state index contributed by atoms with van der Waals surface area (Å²) in [5.41, 5.74) is 1.11. The summed E-state index contributed by atoms with van der Waals surface area (Å²) in [4.78, 5) is 0. The van der Waals surface area contributed by atoms with Crippen LogP contribution in [0, 0.1) is 10.6 Å². The minimum Gasteiger partial charge on any atom is -0.271 e. The molecule has 3 rings (SSSR count). The topological polar surface area (TPSA) is 71.0 Å². The molecule has 130 valence electrons. The van der Waals surface area contributed by atoms with Crippen LogP contribution in [-0.4, -0.2) is 29.4 Å². The molecule has 0 aliphatic heterocycles. The Hall–Kier alpha value is -2.52. The lowest BCUT2D eigenvalue weighted by atomic mass is 10.3. The van der Waals surface area contributed by atoms with Gasteiger partial charge in [-0.3, -0.25) is 14.0 Å². The normalized spacial score (nSPS) is 11.4. The van der Waals surface area contributed by atoms with Crippen molar-refractivity contribution < 1.29 is 12.8 Å². The molecule has 1 aromatic heterocycles. The molecule has 0 bridgehead atoms. The first kappa shape index (κ1) is 17.3.